The van der Waals surface area contributed by atoms with Crippen LogP contribution in [0.4, 0.5) is 17.6 Å². The van der Waals surface area contributed by atoms with Gasteiger partial charge in [-0.3, -0.25) is 0 Å². The minimum atomic E-state index is -4.65. The van der Waals surface area contributed by atoms with Crippen LogP contribution in [0, 0.1) is 5.82 Å². The lowest BCUT2D eigenvalue weighted by atomic mass is 10.0. The molecular formula is C20H11ClF4N4O3S2. The summed E-state index contributed by atoms with van der Waals surface area (Å²) in [5.41, 5.74) is 0.154. The Morgan fingerprint density at radius 3 is 2.47 bits per heavy atom. The van der Waals surface area contributed by atoms with Gasteiger partial charge in [0.1, 0.15) is 10.6 Å². The maximum absolute atomic E-state index is 15.3. The van der Waals surface area contributed by atoms with Gasteiger partial charge < -0.3 is 4.74 Å². The van der Waals surface area contributed by atoms with Crippen LogP contribution in [0.1, 0.15) is 5.56 Å². The van der Waals surface area contributed by atoms with Gasteiger partial charge in [-0.1, -0.05) is 11.6 Å². The number of rotatable bonds is 5. The number of sulfonamides is 1. The first-order chi connectivity index (χ1) is 16.0. The van der Waals surface area contributed by atoms with E-state index < -0.39 is 38.0 Å². The second kappa shape index (κ2) is 8.91. The highest BCUT2D eigenvalue weighted by atomic mass is 35.5. The molecule has 14 heteroatoms. The molecule has 0 bridgehead atoms. The number of ether oxygens (including phenoxy) is 1. The molecular weight excluding hydrogens is 520 g/mol. The van der Waals surface area contributed by atoms with E-state index in [2.05, 4.69) is 15.2 Å². The molecule has 0 fully saturated rings. The van der Waals surface area contributed by atoms with Crippen LogP contribution >= 0.6 is 22.9 Å². The van der Waals surface area contributed by atoms with Crippen LogP contribution in [-0.2, 0) is 16.2 Å². The molecule has 0 unspecified atom stereocenters. The Bertz CT molecular complexity index is 1470. The molecule has 2 heterocycles. The Balaban J connectivity index is 1.95. The summed E-state index contributed by atoms with van der Waals surface area (Å²) < 4.78 is 84.9. The van der Waals surface area contributed by atoms with E-state index in [1.165, 1.54) is 29.4 Å². The van der Waals surface area contributed by atoms with Crippen molar-refractivity contribution in [2.75, 3.05) is 0 Å². The average Bonchev–Trinajstić information content (AvgIpc) is 3.30. The quantitative estimate of drug-likeness (QED) is 0.340. The zero-order valence-corrected chi connectivity index (χ0v) is 18.9. The van der Waals surface area contributed by atoms with E-state index in [1.807, 2.05) is 0 Å². The fraction of sp³-hybridized carbons (Fsp3) is 0.0500. The fourth-order valence-electron chi connectivity index (χ4n) is 3.04. The molecule has 0 saturated carbocycles. The number of primary sulfonamides is 1. The van der Waals surface area contributed by atoms with Crippen molar-refractivity contribution in [1.29, 1.82) is 0 Å². The second-order valence-electron chi connectivity index (χ2n) is 6.74. The monoisotopic (exact) mass is 530 g/mol. The minimum absolute atomic E-state index is 0.0102. The summed E-state index contributed by atoms with van der Waals surface area (Å²) in [7, 11) is -4.51. The van der Waals surface area contributed by atoms with E-state index in [9.17, 15) is 21.6 Å². The molecule has 2 aromatic heterocycles. The zero-order valence-electron chi connectivity index (χ0n) is 16.5. The fourth-order valence-corrected chi connectivity index (χ4v) is 4.52. The highest BCUT2D eigenvalue weighted by molar-refractivity contribution is 7.89. The van der Waals surface area contributed by atoms with E-state index in [0.29, 0.717) is 0 Å². The Kier molecular flexibility index (Phi) is 6.29. The SMILES string of the molecule is NS(=O)(=O)c1cc(Cl)c(Oc2ccc(C(F)(F)F)cc2-c2ccnnc2)c(-c2cscn2)c1F. The van der Waals surface area contributed by atoms with Crippen molar-refractivity contribution in [3.8, 4) is 33.9 Å². The molecule has 0 spiro atoms. The van der Waals surface area contributed by atoms with E-state index in [0.717, 1.165) is 35.6 Å². The van der Waals surface area contributed by atoms with Gasteiger partial charge in [-0.2, -0.15) is 23.4 Å². The van der Waals surface area contributed by atoms with Crippen molar-refractivity contribution in [2.24, 2.45) is 5.14 Å². The lowest BCUT2D eigenvalue weighted by Gasteiger charge is -2.18. The van der Waals surface area contributed by atoms with E-state index in [1.54, 1.807) is 0 Å². The molecule has 0 atom stereocenters. The Labute approximate surface area is 198 Å². The third kappa shape index (κ3) is 4.73. The van der Waals surface area contributed by atoms with Gasteiger partial charge >= 0.3 is 6.18 Å². The normalized spacial score (nSPS) is 12.1. The number of hydrogen-bond acceptors (Lipinski definition) is 7. The van der Waals surface area contributed by atoms with E-state index in [4.69, 9.17) is 21.5 Å². The average molecular weight is 531 g/mol. The second-order valence-corrected chi connectivity index (χ2v) is 9.39. The summed E-state index contributed by atoms with van der Waals surface area (Å²) in [5.74, 6) is -1.77. The number of nitrogens with zero attached hydrogens (tertiary/aromatic N) is 3. The number of aromatic nitrogens is 3. The van der Waals surface area contributed by atoms with Crippen molar-refractivity contribution >= 4 is 33.0 Å². The van der Waals surface area contributed by atoms with Crippen molar-refractivity contribution in [3.05, 3.63) is 70.0 Å². The van der Waals surface area contributed by atoms with Crippen LogP contribution in [0.25, 0.3) is 22.4 Å². The third-order valence-electron chi connectivity index (χ3n) is 4.55. The molecule has 4 aromatic rings. The molecule has 0 aliphatic carbocycles. The maximum atomic E-state index is 15.3. The van der Waals surface area contributed by atoms with Gasteiger partial charge in [0.2, 0.25) is 10.0 Å². The number of benzene rings is 2. The van der Waals surface area contributed by atoms with Crippen molar-refractivity contribution in [3.63, 3.8) is 0 Å². The minimum Gasteiger partial charge on any atom is -0.454 e. The summed E-state index contributed by atoms with van der Waals surface area (Å²) >= 11 is 7.33. The first-order valence-corrected chi connectivity index (χ1v) is 11.9. The first kappa shape index (κ1) is 24.0. The maximum Gasteiger partial charge on any atom is 0.416 e. The summed E-state index contributed by atoms with van der Waals surface area (Å²) in [6.07, 6.45) is -2.16. The van der Waals surface area contributed by atoms with Crippen molar-refractivity contribution in [2.45, 2.75) is 11.1 Å². The molecule has 2 N–H and O–H groups in total. The largest absolute Gasteiger partial charge is 0.454 e. The Hall–Kier alpha value is -3.13. The van der Waals surface area contributed by atoms with Crippen molar-refractivity contribution in [1.82, 2.24) is 15.2 Å². The summed E-state index contributed by atoms with van der Waals surface area (Å²) in [6, 6.07) is 4.81. The molecule has 34 heavy (non-hydrogen) atoms. The van der Waals surface area contributed by atoms with Crippen LogP contribution in [0.3, 0.4) is 0 Å². The molecule has 0 radical (unpaired) electrons. The van der Waals surface area contributed by atoms with Gasteiger partial charge in [0.15, 0.2) is 11.6 Å². The van der Waals surface area contributed by atoms with E-state index in [-0.39, 0.29) is 33.3 Å². The summed E-state index contributed by atoms with van der Waals surface area (Å²) in [4.78, 5) is 3.09. The molecule has 0 aliphatic rings. The molecule has 4 rings (SSSR count). The number of nitrogens with two attached hydrogens (primary N) is 1. The predicted molar refractivity (Wildman–Crippen MR) is 116 cm³/mol. The highest BCUT2D eigenvalue weighted by Crippen LogP contribution is 2.46. The van der Waals surface area contributed by atoms with Gasteiger partial charge in [0.05, 0.1) is 39.7 Å². The predicted octanol–water partition coefficient (Wildman–Crippen LogP) is 5.52. The van der Waals surface area contributed by atoms with Crippen LogP contribution in [0.15, 0.2) is 58.5 Å². The number of thiazole rings is 1. The lowest BCUT2D eigenvalue weighted by Crippen LogP contribution is -2.15. The van der Waals surface area contributed by atoms with Gasteiger partial charge in [-0.25, -0.2) is 22.9 Å². The topological polar surface area (TPSA) is 108 Å². The zero-order chi connectivity index (χ0) is 24.7. The van der Waals surface area contributed by atoms with Gasteiger partial charge in [-0.15, -0.1) is 11.3 Å². The molecule has 7 nitrogen and oxygen atoms in total. The molecule has 0 amide bonds. The number of hydrogen-bond donors (Lipinski definition) is 1. The van der Waals surface area contributed by atoms with Crippen LogP contribution < -0.4 is 9.88 Å². The summed E-state index contributed by atoms with van der Waals surface area (Å²) in [5, 5.41) is 13.4. The standard InChI is InChI=1S/C20H11ClF4N4O3S2/c21-13-6-16(34(26,30)31)18(22)17(14-8-33-9-27-14)19(13)32-15-2-1-11(20(23,24)25)5-12(15)10-3-4-28-29-7-10/h1-9H,(H2,26,30,31). The van der Waals surface area contributed by atoms with E-state index >= 15 is 4.39 Å². The molecule has 0 aliphatic heterocycles. The Morgan fingerprint density at radius 1 is 1.12 bits per heavy atom. The van der Waals surface area contributed by atoms with Gasteiger partial charge in [0, 0.05) is 16.5 Å². The summed E-state index contributed by atoms with van der Waals surface area (Å²) in [6.45, 7) is 0. The number of halogens is 5. The lowest BCUT2D eigenvalue weighted by molar-refractivity contribution is -0.137. The highest BCUT2D eigenvalue weighted by Gasteiger charge is 2.32. The van der Waals surface area contributed by atoms with Crippen molar-refractivity contribution < 1.29 is 30.7 Å². The smallest absolute Gasteiger partial charge is 0.416 e. The van der Waals surface area contributed by atoms with Gasteiger partial charge in [-0.05, 0) is 30.3 Å². The third-order valence-corrected chi connectivity index (χ3v) is 6.32. The Morgan fingerprint density at radius 2 is 1.88 bits per heavy atom. The van der Waals surface area contributed by atoms with Crippen LogP contribution in [-0.4, -0.2) is 23.6 Å². The van der Waals surface area contributed by atoms with Crippen LogP contribution in [0.5, 0.6) is 11.5 Å². The van der Waals surface area contributed by atoms with Gasteiger partial charge in [0.25, 0.3) is 0 Å². The molecule has 0 saturated heterocycles. The molecule has 2 aromatic carbocycles. The first-order valence-electron chi connectivity index (χ1n) is 9.06. The van der Waals surface area contributed by atoms with Crippen LogP contribution in [0.2, 0.25) is 5.02 Å². The number of alkyl halides is 3. The molecule has 176 valence electrons.